The van der Waals surface area contributed by atoms with Crippen molar-refractivity contribution in [3.63, 3.8) is 0 Å². The molecule has 0 aliphatic heterocycles. The van der Waals surface area contributed by atoms with Gasteiger partial charge in [-0.1, -0.05) is 45.9 Å². The predicted molar refractivity (Wildman–Crippen MR) is 89.1 cm³/mol. The van der Waals surface area contributed by atoms with Crippen LogP contribution in [0.3, 0.4) is 0 Å². The van der Waals surface area contributed by atoms with Gasteiger partial charge in [0.2, 0.25) is 5.91 Å². The Balaban J connectivity index is 2.72. The zero-order chi connectivity index (χ0) is 15.8. The van der Waals surface area contributed by atoms with Gasteiger partial charge in [-0.25, -0.2) is 0 Å². The van der Waals surface area contributed by atoms with E-state index in [2.05, 4.69) is 30.1 Å². The summed E-state index contributed by atoms with van der Waals surface area (Å²) in [5, 5.41) is 3.00. The normalized spacial score (nSPS) is 12.7. The molecule has 3 N–H and O–H groups in total. The number of rotatable bonds is 8. The molecule has 1 rings (SSSR count). The van der Waals surface area contributed by atoms with E-state index in [1.807, 2.05) is 32.0 Å². The van der Waals surface area contributed by atoms with Gasteiger partial charge in [-0.2, -0.15) is 0 Å². The first-order valence-electron chi connectivity index (χ1n) is 7.83. The fourth-order valence-electron chi connectivity index (χ4n) is 2.12. The van der Waals surface area contributed by atoms with Gasteiger partial charge in [-0.3, -0.25) is 9.69 Å². The van der Waals surface area contributed by atoms with Gasteiger partial charge in [0.15, 0.2) is 0 Å². The molecule has 1 aromatic carbocycles. The third-order valence-electron chi connectivity index (χ3n) is 3.86. The van der Waals surface area contributed by atoms with Crippen LogP contribution in [0.5, 0.6) is 0 Å². The third-order valence-corrected chi connectivity index (χ3v) is 3.86. The molecule has 1 unspecified atom stereocenters. The standard InChI is InChI=1S/C17H29N3O/c1-5-20(6-2)12-14-9-7-8-10-16(14)19-17(21)11-15(18)13(3)4/h7-10,13,15H,5-6,11-12,18H2,1-4H3,(H,19,21). The van der Waals surface area contributed by atoms with Crippen molar-refractivity contribution in [2.45, 2.75) is 46.7 Å². The predicted octanol–water partition coefficient (Wildman–Crippen LogP) is 2.84. The number of benzene rings is 1. The maximum Gasteiger partial charge on any atom is 0.225 e. The van der Waals surface area contributed by atoms with Crippen LogP contribution in [0.1, 0.15) is 39.7 Å². The number of carbonyl (C=O) groups is 1. The lowest BCUT2D eigenvalue weighted by molar-refractivity contribution is -0.116. The monoisotopic (exact) mass is 291 g/mol. The van der Waals surface area contributed by atoms with Crippen LogP contribution >= 0.6 is 0 Å². The molecule has 4 nitrogen and oxygen atoms in total. The Morgan fingerprint density at radius 2 is 1.86 bits per heavy atom. The molecule has 0 bridgehead atoms. The van der Waals surface area contributed by atoms with Crippen molar-refractivity contribution in [1.82, 2.24) is 4.90 Å². The molecule has 21 heavy (non-hydrogen) atoms. The van der Waals surface area contributed by atoms with E-state index >= 15 is 0 Å². The lowest BCUT2D eigenvalue weighted by atomic mass is 10.0. The maximum atomic E-state index is 12.1. The highest BCUT2D eigenvalue weighted by atomic mass is 16.1. The van der Waals surface area contributed by atoms with Crippen molar-refractivity contribution in [2.75, 3.05) is 18.4 Å². The smallest absolute Gasteiger partial charge is 0.225 e. The van der Waals surface area contributed by atoms with Gasteiger partial charge in [0.05, 0.1) is 0 Å². The second-order valence-corrected chi connectivity index (χ2v) is 5.78. The van der Waals surface area contributed by atoms with Gasteiger partial charge in [-0.05, 0) is 30.6 Å². The number of carbonyl (C=O) groups excluding carboxylic acids is 1. The fourth-order valence-corrected chi connectivity index (χ4v) is 2.12. The van der Waals surface area contributed by atoms with E-state index in [-0.39, 0.29) is 11.9 Å². The van der Waals surface area contributed by atoms with E-state index < -0.39 is 0 Å². The van der Waals surface area contributed by atoms with Crippen molar-refractivity contribution < 1.29 is 4.79 Å². The summed E-state index contributed by atoms with van der Waals surface area (Å²) in [6, 6.07) is 7.88. The Morgan fingerprint density at radius 3 is 2.43 bits per heavy atom. The summed E-state index contributed by atoms with van der Waals surface area (Å²) in [7, 11) is 0. The fraction of sp³-hybridized carbons (Fsp3) is 0.588. The Labute approximate surface area is 128 Å². The minimum Gasteiger partial charge on any atom is -0.327 e. The average Bonchev–Trinajstić information content (AvgIpc) is 2.46. The summed E-state index contributed by atoms with van der Waals surface area (Å²) < 4.78 is 0. The quantitative estimate of drug-likeness (QED) is 0.774. The minimum atomic E-state index is -0.0973. The lowest BCUT2D eigenvalue weighted by Crippen LogP contribution is -2.32. The van der Waals surface area contributed by atoms with E-state index in [1.165, 1.54) is 0 Å². The van der Waals surface area contributed by atoms with Crippen molar-refractivity contribution in [1.29, 1.82) is 0 Å². The molecule has 0 aliphatic rings. The maximum absolute atomic E-state index is 12.1. The lowest BCUT2D eigenvalue weighted by Gasteiger charge is -2.21. The number of nitrogens with two attached hydrogens (primary N) is 1. The average molecular weight is 291 g/mol. The van der Waals surface area contributed by atoms with Gasteiger partial charge >= 0.3 is 0 Å². The number of nitrogens with zero attached hydrogens (tertiary/aromatic N) is 1. The van der Waals surface area contributed by atoms with E-state index in [1.54, 1.807) is 0 Å². The van der Waals surface area contributed by atoms with Crippen LogP contribution in [-0.4, -0.2) is 29.9 Å². The Morgan fingerprint density at radius 1 is 1.24 bits per heavy atom. The van der Waals surface area contributed by atoms with Gasteiger partial charge in [-0.15, -0.1) is 0 Å². The van der Waals surface area contributed by atoms with Crippen LogP contribution in [0.4, 0.5) is 5.69 Å². The molecule has 4 heteroatoms. The van der Waals surface area contributed by atoms with E-state index in [4.69, 9.17) is 5.73 Å². The van der Waals surface area contributed by atoms with Crippen molar-refractivity contribution in [3.8, 4) is 0 Å². The Kier molecular flexibility index (Phi) is 7.40. The SMILES string of the molecule is CCN(CC)Cc1ccccc1NC(=O)CC(N)C(C)C. The summed E-state index contributed by atoms with van der Waals surface area (Å²) in [5.74, 6) is 0.296. The highest BCUT2D eigenvalue weighted by molar-refractivity contribution is 5.91. The van der Waals surface area contributed by atoms with Crippen molar-refractivity contribution in [2.24, 2.45) is 11.7 Å². The number of anilines is 1. The summed E-state index contributed by atoms with van der Waals surface area (Å²) >= 11 is 0. The van der Waals surface area contributed by atoms with Crippen molar-refractivity contribution >= 4 is 11.6 Å². The molecule has 0 saturated heterocycles. The molecular formula is C17H29N3O. The molecule has 0 fully saturated rings. The molecular weight excluding hydrogens is 262 g/mol. The van der Waals surface area contributed by atoms with Crippen LogP contribution < -0.4 is 11.1 Å². The Hall–Kier alpha value is -1.39. The van der Waals surface area contributed by atoms with Crippen molar-refractivity contribution in [3.05, 3.63) is 29.8 Å². The Bertz CT molecular complexity index is 441. The van der Waals surface area contributed by atoms with E-state index in [0.29, 0.717) is 12.3 Å². The van der Waals surface area contributed by atoms with E-state index in [0.717, 1.165) is 30.9 Å². The molecule has 1 atom stereocenters. The highest BCUT2D eigenvalue weighted by Gasteiger charge is 2.14. The largest absolute Gasteiger partial charge is 0.327 e. The van der Waals surface area contributed by atoms with Crippen LogP contribution in [0.15, 0.2) is 24.3 Å². The zero-order valence-corrected chi connectivity index (χ0v) is 13.7. The third kappa shape index (κ3) is 5.86. The molecule has 0 spiro atoms. The van der Waals surface area contributed by atoms with Crippen LogP contribution in [0.2, 0.25) is 0 Å². The van der Waals surface area contributed by atoms with E-state index in [9.17, 15) is 4.79 Å². The zero-order valence-electron chi connectivity index (χ0n) is 13.7. The number of amides is 1. The first-order valence-corrected chi connectivity index (χ1v) is 7.83. The van der Waals surface area contributed by atoms with Crippen LogP contribution in [0, 0.1) is 5.92 Å². The minimum absolute atomic E-state index is 0.0109. The van der Waals surface area contributed by atoms with Crippen LogP contribution in [0.25, 0.3) is 0 Å². The second kappa shape index (κ2) is 8.80. The first-order chi connectivity index (χ1) is 9.97. The van der Waals surface area contributed by atoms with Gasteiger partial charge < -0.3 is 11.1 Å². The molecule has 0 heterocycles. The van der Waals surface area contributed by atoms with Gasteiger partial charge in [0, 0.05) is 24.7 Å². The highest BCUT2D eigenvalue weighted by Crippen LogP contribution is 2.18. The second-order valence-electron chi connectivity index (χ2n) is 5.78. The summed E-state index contributed by atoms with van der Waals surface area (Å²) in [4.78, 5) is 14.4. The number of nitrogens with one attached hydrogen (secondary N) is 1. The summed E-state index contributed by atoms with van der Waals surface area (Å²) in [5.41, 5.74) is 8.00. The van der Waals surface area contributed by atoms with Gasteiger partial charge in [0.1, 0.15) is 0 Å². The molecule has 1 aromatic rings. The molecule has 1 amide bonds. The molecule has 0 aromatic heterocycles. The molecule has 0 radical (unpaired) electrons. The topological polar surface area (TPSA) is 58.4 Å². The number of hydrogen-bond donors (Lipinski definition) is 2. The first kappa shape index (κ1) is 17.7. The van der Waals surface area contributed by atoms with Crippen LogP contribution in [-0.2, 0) is 11.3 Å². The number of para-hydroxylation sites is 1. The molecule has 0 saturated carbocycles. The summed E-state index contributed by atoms with van der Waals surface area (Å²) in [6.07, 6.45) is 0.358. The van der Waals surface area contributed by atoms with Gasteiger partial charge in [0.25, 0.3) is 0 Å². The molecule has 118 valence electrons. The molecule has 0 aliphatic carbocycles. The number of hydrogen-bond acceptors (Lipinski definition) is 3. The summed E-state index contributed by atoms with van der Waals surface area (Å²) in [6.45, 7) is 11.2.